The number of pyridine rings is 1. The van der Waals surface area contributed by atoms with Crippen LogP contribution in [0.5, 0.6) is 5.75 Å². The largest absolute Gasteiger partial charge is 0.653 e. The van der Waals surface area contributed by atoms with Crippen molar-refractivity contribution >= 4 is 32.6 Å². The smallest absolute Gasteiger partial charge is 0.482 e. The van der Waals surface area contributed by atoms with E-state index in [2.05, 4.69) is 37.5 Å². The second-order valence-corrected chi connectivity index (χ2v) is 4.06. The summed E-state index contributed by atoms with van der Waals surface area (Å²) in [7, 11) is 0. The van der Waals surface area contributed by atoms with E-state index in [1.165, 1.54) is 0 Å². The van der Waals surface area contributed by atoms with Crippen molar-refractivity contribution in [1.29, 1.82) is 0 Å². The maximum Gasteiger partial charge on any atom is 0.482 e. The minimum Gasteiger partial charge on any atom is -0.653 e. The first-order valence-corrected chi connectivity index (χ1v) is 6.42. The molecule has 0 aliphatic heterocycles. The van der Waals surface area contributed by atoms with Gasteiger partial charge >= 0.3 is 16.6 Å². The average molecular weight is 290 g/mol. The lowest BCUT2D eigenvalue weighted by Crippen LogP contribution is -1.92. The van der Waals surface area contributed by atoms with Crippen LogP contribution in [0.25, 0.3) is 11.3 Å². The number of alkyl halides is 1. The summed E-state index contributed by atoms with van der Waals surface area (Å²) in [5.74, 6) is 0.812. The Morgan fingerprint density at radius 2 is 1.94 bits per heavy atom. The van der Waals surface area contributed by atoms with Crippen LogP contribution in [-0.4, -0.2) is 21.6 Å². The van der Waals surface area contributed by atoms with Gasteiger partial charge in [-0.2, -0.15) is 0 Å². The Labute approximate surface area is 112 Å². The fourth-order valence-electron chi connectivity index (χ4n) is 1.49. The third kappa shape index (κ3) is 2.46. The molecule has 2 rings (SSSR count). The van der Waals surface area contributed by atoms with Gasteiger partial charge in [0.15, 0.2) is 0 Å². The second-order valence-electron chi connectivity index (χ2n) is 3.26. The van der Waals surface area contributed by atoms with Crippen LogP contribution in [-0.2, 0) is 5.33 Å². The van der Waals surface area contributed by atoms with E-state index in [0.29, 0.717) is 0 Å². The molecule has 0 amide bonds. The van der Waals surface area contributed by atoms with Crippen LogP contribution in [0.4, 0.5) is 0 Å². The van der Waals surface area contributed by atoms with Crippen LogP contribution in [0.15, 0.2) is 42.5 Å². The highest BCUT2D eigenvalue weighted by Gasteiger charge is 2.05. The summed E-state index contributed by atoms with van der Waals surface area (Å²) >= 11 is 5.67. The summed E-state index contributed by atoms with van der Waals surface area (Å²) in [5.41, 5.74) is 2.94. The number of aromatic nitrogens is 1. The molecule has 2 nitrogen and oxygen atoms in total. The zero-order chi connectivity index (χ0) is 11.4. The Morgan fingerprint density at radius 3 is 2.69 bits per heavy atom. The number of nitrogens with zero attached hydrogens (tertiary/aromatic N) is 1. The molecule has 1 heterocycles. The van der Waals surface area contributed by atoms with E-state index in [-0.39, 0.29) is 0 Å². The molecule has 0 aliphatic carbocycles. The van der Waals surface area contributed by atoms with E-state index in [1.807, 2.05) is 42.5 Å². The van der Waals surface area contributed by atoms with Gasteiger partial charge in [0.25, 0.3) is 0 Å². The van der Waals surface area contributed by atoms with E-state index in [9.17, 15) is 0 Å². The number of rotatable bonds is 3. The lowest BCUT2D eigenvalue weighted by atomic mass is 10.1. The molecule has 16 heavy (non-hydrogen) atoms. The molecule has 0 bridgehead atoms. The standard InChI is InChI=1S/C12H10BrNO.Al/c13-8-9-4-3-6-11(14-9)10-5-1-2-7-12(10)15;/h1-7,15H,8H2;/q;+1/p-1. The normalized spacial score (nSPS) is 10.1. The molecule has 0 unspecified atom stereocenters. The zero-order valence-corrected chi connectivity index (χ0v) is 11.3. The summed E-state index contributed by atoms with van der Waals surface area (Å²) in [6.07, 6.45) is 0. The van der Waals surface area contributed by atoms with E-state index in [0.717, 1.165) is 28.0 Å². The van der Waals surface area contributed by atoms with Gasteiger partial charge < -0.3 is 3.79 Å². The molecule has 0 aliphatic rings. The molecule has 78 valence electrons. The molecule has 0 spiro atoms. The fourth-order valence-corrected chi connectivity index (χ4v) is 2.00. The molecule has 0 atom stereocenters. The van der Waals surface area contributed by atoms with Crippen molar-refractivity contribution in [2.75, 3.05) is 0 Å². The quantitative estimate of drug-likeness (QED) is 0.640. The summed E-state index contributed by atoms with van der Waals surface area (Å²) in [6, 6.07) is 13.8. The van der Waals surface area contributed by atoms with Gasteiger partial charge in [0, 0.05) is 10.9 Å². The van der Waals surface area contributed by atoms with Crippen molar-refractivity contribution in [3.05, 3.63) is 48.2 Å². The van der Waals surface area contributed by atoms with Gasteiger partial charge in [0.05, 0.1) is 17.1 Å². The van der Waals surface area contributed by atoms with Gasteiger partial charge in [0.2, 0.25) is 0 Å². The maximum absolute atomic E-state index is 5.24. The van der Waals surface area contributed by atoms with E-state index >= 15 is 0 Å². The fraction of sp³-hybridized carbons (Fsp3) is 0.0833. The van der Waals surface area contributed by atoms with Crippen molar-refractivity contribution in [1.82, 2.24) is 4.98 Å². The van der Waals surface area contributed by atoms with Crippen LogP contribution in [0.3, 0.4) is 0 Å². The van der Waals surface area contributed by atoms with Crippen LogP contribution in [0.2, 0.25) is 0 Å². The van der Waals surface area contributed by atoms with Gasteiger partial charge in [-0.3, -0.25) is 4.98 Å². The molecule has 2 radical (unpaired) electrons. The van der Waals surface area contributed by atoms with Gasteiger partial charge in [-0.15, -0.1) is 0 Å². The molecule has 1 aromatic heterocycles. The Morgan fingerprint density at radius 1 is 1.12 bits per heavy atom. The molecule has 1 aromatic carbocycles. The molecule has 0 saturated heterocycles. The monoisotopic (exact) mass is 289 g/mol. The highest BCUT2D eigenvalue weighted by atomic mass is 79.9. The van der Waals surface area contributed by atoms with Gasteiger partial charge in [-0.1, -0.05) is 34.1 Å². The first-order valence-electron chi connectivity index (χ1n) is 4.83. The first-order chi connectivity index (χ1) is 7.85. The van der Waals surface area contributed by atoms with Crippen LogP contribution in [0.1, 0.15) is 5.69 Å². The predicted octanol–water partition coefficient (Wildman–Crippen LogP) is 3.11. The highest BCUT2D eigenvalue weighted by molar-refractivity contribution is 9.08. The summed E-state index contributed by atoms with van der Waals surface area (Å²) in [6.45, 7) is 0. The van der Waals surface area contributed by atoms with Crippen LogP contribution >= 0.6 is 15.9 Å². The molecule has 0 fully saturated rings. The van der Waals surface area contributed by atoms with Gasteiger partial charge in [0.1, 0.15) is 0 Å². The van der Waals surface area contributed by atoms with Crippen molar-refractivity contribution in [3.8, 4) is 17.0 Å². The number of benzene rings is 1. The third-order valence-corrected chi connectivity index (χ3v) is 3.06. The van der Waals surface area contributed by atoms with Crippen LogP contribution in [0, 0.1) is 0 Å². The summed E-state index contributed by atoms with van der Waals surface area (Å²) in [5, 5.41) is 0.755. The summed E-state index contributed by atoms with van der Waals surface area (Å²) < 4.78 is 5.24. The van der Waals surface area contributed by atoms with Crippen molar-refractivity contribution < 1.29 is 3.79 Å². The Balaban J connectivity index is 2.49. The Bertz CT molecular complexity index is 490. The van der Waals surface area contributed by atoms with Crippen molar-refractivity contribution in [3.63, 3.8) is 0 Å². The highest BCUT2D eigenvalue weighted by Crippen LogP contribution is 2.27. The van der Waals surface area contributed by atoms with Crippen molar-refractivity contribution in [2.24, 2.45) is 0 Å². The lowest BCUT2D eigenvalue weighted by Gasteiger charge is -2.09. The maximum atomic E-state index is 5.24. The lowest BCUT2D eigenvalue weighted by molar-refractivity contribution is 0.618. The Hall–Kier alpha value is -0.818. The Kier molecular flexibility index (Phi) is 4.00. The topological polar surface area (TPSA) is 22.1 Å². The number of halogens is 1. The van der Waals surface area contributed by atoms with Crippen molar-refractivity contribution in [2.45, 2.75) is 5.33 Å². The van der Waals surface area contributed by atoms with Gasteiger partial charge in [-0.25, -0.2) is 0 Å². The minimum atomic E-state index is 0.755. The summed E-state index contributed by atoms with van der Waals surface area (Å²) in [4.78, 5) is 4.53. The average Bonchev–Trinajstić information content (AvgIpc) is 2.38. The van der Waals surface area contributed by atoms with Gasteiger partial charge in [-0.05, 0) is 24.3 Å². The zero-order valence-electron chi connectivity index (χ0n) is 8.56. The minimum absolute atomic E-state index is 0.755. The SMILES string of the molecule is [Al][O]c1ccccc1-c1cccc(CBr)n1. The van der Waals surface area contributed by atoms with E-state index < -0.39 is 0 Å². The first kappa shape index (κ1) is 11.7. The molecular weight excluding hydrogens is 281 g/mol. The number of hydrogen-bond acceptors (Lipinski definition) is 2. The molecular formula is C12H9AlBrNO. The predicted molar refractivity (Wildman–Crippen MR) is 68.7 cm³/mol. The van der Waals surface area contributed by atoms with Crippen LogP contribution < -0.4 is 3.79 Å². The van der Waals surface area contributed by atoms with E-state index in [1.54, 1.807) is 0 Å². The number of para-hydroxylation sites is 1. The molecule has 4 heteroatoms. The van der Waals surface area contributed by atoms with E-state index in [4.69, 9.17) is 3.79 Å². The molecule has 0 saturated carbocycles. The molecule has 2 aromatic rings. The number of hydrogen-bond donors (Lipinski definition) is 0. The third-order valence-electron chi connectivity index (χ3n) is 2.23. The second kappa shape index (κ2) is 5.49. The molecule has 0 N–H and O–H groups in total.